The second kappa shape index (κ2) is 6.36. The van der Waals surface area contributed by atoms with E-state index in [1.807, 2.05) is 18.4 Å². The standard InChI is InChI=1S/C12H13BrFN3S/c1-2-15-11(12-7-18-17-16-12)5-8-3-4-9(13)6-10(8)14/h3-4,6-7,11,15H,2,5H2,1H3. The minimum absolute atomic E-state index is 0.00410. The van der Waals surface area contributed by atoms with Gasteiger partial charge in [0.1, 0.15) is 5.82 Å². The maximum atomic E-state index is 13.8. The third kappa shape index (κ3) is 3.34. The molecule has 1 unspecified atom stereocenters. The van der Waals surface area contributed by atoms with Crippen LogP contribution in [0.15, 0.2) is 28.1 Å². The van der Waals surface area contributed by atoms with Crippen LogP contribution in [-0.2, 0) is 6.42 Å². The minimum Gasteiger partial charge on any atom is -0.309 e. The predicted molar refractivity (Wildman–Crippen MR) is 74.1 cm³/mol. The molecule has 2 rings (SSSR count). The van der Waals surface area contributed by atoms with E-state index in [-0.39, 0.29) is 11.9 Å². The molecule has 0 fully saturated rings. The Morgan fingerprint density at radius 1 is 1.50 bits per heavy atom. The van der Waals surface area contributed by atoms with Gasteiger partial charge in [0.05, 0.1) is 11.7 Å². The van der Waals surface area contributed by atoms with E-state index in [1.165, 1.54) is 17.6 Å². The lowest BCUT2D eigenvalue weighted by Gasteiger charge is -2.15. The number of nitrogens with zero attached hydrogens (tertiary/aromatic N) is 2. The van der Waals surface area contributed by atoms with Crippen molar-refractivity contribution >= 4 is 27.5 Å². The zero-order valence-corrected chi connectivity index (χ0v) is 12.3. The fourth-order valence-electron chi connectivity index (χ4n) is 1.76. The van der Waals surface area contributed by atoms with Crippen molar-refractivity contribution in [3.05, 3.63) is 45.1 Å². The molecular weight excluding hydrogens is 317 g/mol. The normalized spacial score (nSPS) is 12.6. The Morgan fingerprint density at radius 3 is 2.94 bits per heavy atom. The van der Waals surface area contributed by atoms with Crippen LogP contribution < -0.4 is 5.32 Å². The number of hydrogen-bond acceptors (Lipinski definition) is 4. The number of rotatable bonds is 5. The van der Waals surface area contributed by atoms with Gasteiger partial charge in [0.15, 0.2) is 0 Å². The van der Waals surface area contributed by atoms with Crippen LogP contribution in [-0.4, -0.2) is 16.1 Å². The molecule has 96 valence electrons. The smallest absolute Gasteiger partial charge is 0.127 e. The lowest BCUT2D eigenvalue weighted by molar-refractivity contribution is 0.517. The van der Waals surface area contributed by atoms with E-state index in [9.17, 15) is 4.39 Å². The number of likely N-dealkylation sites (N-methyl/N-ethyl adjacent to an activating group) is 1. The molecule has 6 heteroatoms. The summed E-state index contributed by atoms with van der Waals surface area (Å²) >= 11 is 4.56. The third-order valence-corrected chi connectivity index (χ3v) is 3.64. The number of aromatic nitrogens is 2. The third-order valence-electron chi connectivity index (χ3n) is 2.62. The quantitative estimate of drug-likeness (QED) is 0.914. The highest BCUT2D eigenvalue weighted by Gasteiger charge is 2.16. The highest BCUT2D eigenvalue weighted by Crippen LogP contribution is 2.21. The maximum Gasteiger partial charge on any atom is 0.127 e. The molecule has 0 aliphatic heterocycles. The SMILES string of the molecule is CCNC(Cc1ccc(Br)cc1F)c1csnn1. The monoisotopic (exact) mass is 329 g/mol. The maximum absolute atomic E-state index is 13.8. The number of nitrogens with one attached hydrogen (secondary N) is 1. The molecule has 0 aliphatic carbocycles. The minimum atomic E-state index is -0.199. The van der Waals surface area contributed by atoms with E-state index in [0.29, 0.717) is 12.0 Å². The van der Waals surface area contributed by atoms with Gasteiger partial charge >= 0.3 is 0 Å². The van der Waals surface area contributed by atoms with Crippen molar-refractivity contribution in [3.8, 4) is 0 Å². The molecular formula is C12H13BrFN3S. The Bertz CT molecular complexity index is 504. The van der Waals surface area contributed by atoms with Crippen LogP contribution >= 0.6 is 27.5 Å². The first kappa shape index (κ1) is 13.6. The summed E-state index contributed by atoms with van der Waals surface area (Å²) in [7, 11) is 0. The number of hydrogen-bond donors (Lipinski definition) is 1. The molecule has 1 heterocycles. The Hall–Kier alpha value is -0.850. The summed E-state index contributed by atoms with van der Waals surface area (Å²) in [4.78, 5) is 0. The molecule has 1 aromatic heterocycles. The molecule has 18 heavy (non-hydrogen) atoms. The Labute approximate surface area is 118 Å². The van der Waals surface area contributed by atoms with Crippen molar-refractivity contribution in [1.82, 2.24) is 14.9 Å². The summed E-state index contributed by atoms with van der Waals surface area (Å²) in [5, 5.41) is 9.25. The molecule has 0 saturated heterocycles. The van der Waals surface area contributed by atoms with Crippen molar-refractivity contribution in [3.63, 3.8) is 0 Å². The van der Waals surface area contributed by atoms with Crippen LogP contribution in [0.3, 0.4) is 0 Å². The van der Waals surface area contributed by atoms with Crippen molar-refractivity contribution in [2.75, 3.05) is 6.54 Å². The van der Waals surface area contributed by atoms with Gasteiger partial charge in [-0.25, -0.2) is 4.39 Å². The van der Waals surface area contributed by atoms with Gasteiger partial charge in [0, 0.05) is 9.85 Å². The molecule has 0 amide bonds. The van der Waals surface area contributed by atoms with Crippen LogP contribution in [0.1, 0.15) is 24.2 Å². The van der Waals surface area contributed by atoms with Crippen LogP contribution in [0.2, 0.25) is 0 Å². The summed E-state index contributed by atoms with van der Waals surface area (Å²) in [6.45, 7) is 2.82. The summed E-state index contributed by atoms with van der Waals surface area (Å²) in [6.07, 6.45) is 0.568. The van der Waals surface area contributed by atoms with E-state index < -0.39 is 0 Å². The van der Waals surface area contributed by atoms with Crippen LogP contribution in [0.5, 0.6) is 0 Å². The molecule has 0 radical (unpaired) electrons. The van der Waals surface area contributed by atoms with Gasteiger partial charge in [0.2, 0.25) is 0 Å². The van der Waals surface area contributed by atoms with Gasteiger partial charge in [-0.1, -0.05) is 33.4 Å². The largest absolute Gasteiger partial charge is 0.309 e. The molecule has 3 nitrogen and oxygen atoms in total. The Morgan fingerprint density at radius 2 is 2.33 bits per heavy atom. The Balaban J connectivity index is 2.18. The average molecular weight is 330 g/mol. The van der Waals surface area contributed by atoms with Gasteiger partial charge in [-0.15, -0.1) is 5.10 Å². The van der Waals surface area contributed by atoms with Gasteiger partial charge < -0.3 is 5.32 Å². The lowest BCUT2D eigenvalue weighted by Crippen LogP contribution is -2.23. The fraction of sp³-hybridized carbons (Fsp3) is 0.333. The van der Waals surface area contributed by atoms with Gasteiger partial charge in [-0.05, 0) is 42.2 Å². The van der Waals surface area contributed by atoms with Gasteiger partial charge in [0.25, 0.3) is 0 Å². The lowest BCUT2D eigenvalue weighted by atomic mass is 10.0. The first-order chi connectivity index (χ1) is 8.70. The summed E-state index contributed by atoms with van der Waals surface area (Å²) < 4.78 is 18.4. The van der Waals surface area contributed by atoms with E-state index in [2.05, 4.69) is 30.8 Å². The van der Waals surface area contributed by atoms with E-state index >= 15 is 0 Å². The molecule has 0 saturated carbocycles. The second-order valence-electron chi connectivity index (χ2n) is 3.88. The molecule has 0 spiro atoms. The molecule has 1 N–H and O–H groups in total. The van der Waals surface area contributed by atoms with Gasteiger partial charge in [-0.2, -0.15) is 0 Å². The molecule has 0 aliphatic rings. The first-order valence-electron chi connectivity index (χ1n) is 5.65. The zero-order valence-electron chi connectivity index (χ0n) is 9.86. The van der Waals surface area contributed by atoms with Crippen LogP contribution in [0, 0.1) is 5.82 Å². The number of benzene rings is 1. The van der Waals surface area contributed by atoms with E-state index in [0.717, 1.165) is 16.7 Å². The van der Waals surface area contributed by atoms with Crippen molar-refractivity contribution in [1.29, 1.82) is 0 Å². The van der Waals surface area contributed by atoms with Crippen molar-refractivity contribution in [2.24, 2.45) is 0 Å². The topological polar surface area (TPSA) is 37.8 Å². The highest BCUT2D eigenvalue weighted by molar-refractivity contribution is 9.10. The zero-order chi connectivity index (χ0) is 13.0. The fourth-order valence-corrected chi connectivity index (χ4v) is 2.60. The van der Waals surface area contributed by atoms with Crippen LogP contribution in [0.25, 0.3) is 0 Å². The average Bonchev–Trinajstić information content (AvgIpc) is 2.85. The second-order valence-corrected chi connectivity index (χ2v) is 5.41. The summed E-state index contributed by atoms with van der Waals surface area (Å²) in [6, 6.07) is 5.13. The predicted octanol–water partition coefficient (Wildman–Crippen LogP) is 3.33. The molecule has 0 bridgehead atoms. The van der Waals surface area contributed by atoms with Crippen molar-refractivity contribution < 1.29 is 4.39 Å². The van der Waals surface area contributed by atoms with Crippen molar-refractivity contribution in [2.45, 2.75) is 19.4 Å². The molecule has 1 aromatic carbocycles. The molecule has 1 atom stereocenters. The highest BCUT2D eigenvalue weighted by atomic mass is 79.9. The first-order valence-corrected chi connectivity index (χ1v) is 7.28. The number of halogens is 2. The molecule has 2 aromatic rings. The van der Waals surface area contributed by atoms with Crippen LogP contribution in [0.4, 0.5) is 4.39 Å². The van der Waals surface area contributed by atoms with E-state index in [4.69, 9.17) is 0 Å². The summed E-state index contributed by atoms with van der Waals surface area (Å²) in [5.74, 6) is -0.199. The van der Waals surface area contributed by atoms with Gasteiger partial charge in [-0.3, -0.25) is 0 Å². The van der Waals surface area contributed by atoms with E-state index in [1.54, 1.807) is 6.07 Å². The summed E-state index contributed by atoms with van der Waals surface area (Å²) in [5.41, 5.74) is 1.54. The Kier molecular flexibility index (Phi) is 4.79.